The second kappa shape index (κ2) is 4.93. The summed E-state index contributed by atoms with van der Waals surface area (Å²) in [5.41, 5.74) is 1.35. The zero-order valence-electron chi connectivity index (χ0n) is 11.5. The molecule has 0 amide bonds. The summed E-state index contributed by atoms with van der Waals surface area (Å²) in [6.45, 7) is 1.91. The number of nitrogens with zero attached hydrogens (tertiary/aromatic N) is 1. The molecule has 0 unspecified atom stereocenters. The topological polar surface area (TPSA) is 59.3 Å². The number of benzene rings is 2. The monoisotopic (exact) mass is 301 g/mol. The van der Waals surface area contributed by atoms with E-state index < -0.39 is 10.0 Å². The van der Waals surface area contributed by atoms with Gasteiger partial charge in [0.25, 0.3) is 10.0 Å². The molecule has 1 heterocycles. The number of aromatic nitrogens is 1. The van der Waals surface area contributed by atoms with Crippen LogP contribution in [0.4, 0.5) is 0 Å². The van der Waals surface area contributed by atoms with Crippen LogP contribution in [0.1, 0.15) is 12.5 Å². The molecule has 2 aromatic carbocycles. The van der Waals surface area contributed by atoms with E-state index in [1.54, 1.807) is 24.3 Å². The van der Waals surface area contributed by atoms with Gasteiger partial charge in [-0.05, 0) is 30.2 Å². The second-order valence-electron chi connectivity index (χ2n) is 4.82. The molecule has 0 bridgehead atoms. The van der Waals surface area contributed by atoms with E-state index in [-0.39, 0.29) is 10.6 Å². The van der Waals surface area contributed by atoms with Gasteiger partial charge in [-0.3, -0.25) is 0 Å². The van der Waals surface area contributed by atoms with Gasteiger partial charge in [0.05, 0.1) is 10.4 Å². The molecule has 0 spiro atoms. The summed E-state index contributed by atoms with van der Waals surface area (Å²) in [5, 5.41) is 10.7. The lowest BCUT2D eigenvalue weighted by Crippen LogP contribution is -2.11. The van der Waals surface area contributed by atoms with Gasteiger partial charge in [-0.1, -0.05) is 31.2 Å². The van der Waals surface area contributed by atoms with Crippen LogP contribution in [0.5, 0.6) is 5.75 Å². The van der Waals surface area contributed by atoms with Crippen molar-refractivity contribution in [2.24, 2.45) is 0 Å². The largest absolute Gasteiger partial charge is 0.508 e. The molecule has 0 atom stereocenters. The van der Waals surface area contributed by atoms with E-state index >= 15 is 0 Å². The summed E-state index contributed by atoms with van der Waals surface area (Å²) in [7, 11) is -3.71. The predicted molar refractivity (Wildman–Crippen MR) is 82.0 cm³/mol. The van der Waals surface area contributed by atoms with Crippen LogP contribution in [0.15, 0.2) is 59.6 Å². The van der Waals surface area contributed by atoms with Crippen LogP contribution in [0.2, 0.25) is 0 Å². The zero-order valence-corrected chi connectivity index (χ0v) is 12.3. The first-order chi connectivity index (χ1) is 10.0. The predicted octanol–water partition coefficient (Wildman–Crippen LogP) is 3.15. The molecule has 0 saturated heterocycles. The summed E-state index contributed by atoms with van der Waals surface area (Å²) < 4.78 is 26.7. The molecular weight excluding hydrogens is 286 g/mol. The Labute approximate surface area is 123 Å². The van der Waals surface area contributed by atoms with Crippen LogP contribution in [-0.2, 0) is 16.4 Å². The number of fused-ring (bicyclic) bond motifs is 1. The minimum atomic E-state index is -3.71. The molecule has 3 rings (SSSR count). The van der Waals surface area contributed by atoms with Crippen LogP contribution >= 0.6 is 0 Å². The molecule has 108 valence electrons. The van der Waals surface area contributed by atoms with Gasteiger partial charge >= 0.3 is 0 Å². The minimum Gasteiger partial charge on any atom is -0.508 e. The molecule has 0 aliphatic rings. The number of hydrogen-bond acceptors (Lipinski definition) is 3. The first-order valence-electron chi connectivity index (χ1n) is 6.67. The first kappa shape index (κ1) is 13.7. The summed E-state index contributed by atoms with van der Waals surface area (Å²) in [6.07, 6.45) is 2.18. The molecule has 0 radical (unpaired) electrons. The second-order valence-corrected chi connectivity index (χ2v) is 6.63. The Morgan fingerprint density at radius 1 is 1.10 bits per heavy atom. The molecule has 0 fully saturated rings. The Bertz CT molecular complexity index is 910. The third-order valence-corrected chi connectivity index (χ3v) is 5.24. The average Bonchev–Trinajstić information content (AvgIpc) is 2.91. The average molecular weight is 301 g/mol. The lowest BCUT2D eigenvalue weighted by Gasteiger charge is -2.09. The molecular formula is C16H15NO3S. The SMILES string of the molecule is CCc1ccc(S(=O)(=O)n2ccc3ccccc32)cc1O. The van der Waals surface area contributed by atoms with Crippen molar-refractivity contribution >= 4 is 20.9 Å². The van der Waals surface area contributed by atoms with E-state index in [1.807, 2.05) is 19.1 Å². The third kappa shape index (κ3) is 2.19. The van der Waals surface area contributed by atoms with Crippen LogP contribution in [0, 0.1) is 0 Å². The highest BCUT2D eigenvalue weighted by atomic mass is 32.2. The number of aromatic hydroxyl groups is 1. The molecule has 0 aliphatic carbocycles. The van der Waals surface area contributed by atoms with Crippen molar-refractivity contribution in [3.8, 4) is 5.75 Å². The molecule has 0 aliphatic heterocycles. The van der Waals surface area contributed by atoms with Crippen molar-refractivity contribution in [1.82, 2.24) is 3.97 Å². The van der Waals surface area contributed by atoms with E-state index in [0.29, 0.717) is 11.9 Å². The Balaban J connectivity index is 2.19. The fraction of sp³-hybridized carbons (Fsp3) is 0.125. The van der Waals surface area contributed by atoms with Crippen LogP contribution in [-0.4, -0.2) is 17.5 Å². The Kier molecular flexibility index (Phi) is 3.22. The highest BCUT2D eigenvalue weighted by molar-refractivity contribution is 7.90. The van der Waals surface area contributed by atoms with Crippen LogP contribution in [0.25, 0.3) is 10.9 Å². The van der Waals surface area contributed by atoms with Crippen LogP contribution in [0.3, 0.4) is 0 Å². The third-order valence-electron chi connectivity index (χ3n) is 3.56. The molecule has 0 saturated carbocycles. The van der Waals surface area contributed by atoms with Gasteiger partial charge in [0.2, 0.25) is 0 Å². The fourth-order valence-electron chi connectivity index (χ4n) is 2.38. The Morgan fingerprint density at radius 2 is 1.86 bits per heavy atom. The molecule has 3 aromatic rings. The number of aryl methyl sites for hydroxylation is 1. The van der Waals surface area contributed by atoms with E-state index in [0.717, 1.165) is 10.9 Å². The molecule has 4 nitrogen and oxygen atoms in total. The van der Waals surface area contributed by atoms with Gasteiger partial charge < -0.3 is 5.11 Å². The normalized spacial score (nSPS) is 11.9. The van der Waals surface area contributed by atoms with Crippen LogP contribution < -0.4 is 0 Å². The maximum atomic E-state index is 12.7. The van der Waals surface area contributed by atoms with Gasteiger partial charge in [0, 0.05) is 17.6 Å². The van der Waals surface area contributed by atoms with Crippen molar-refractivity contribution in [2.45, 2.75) is 18.2 Å². The standard InChI is InChI=1S/C16H15NO3S/c1-2-12-7-8-14(11-16(12)18)21(19,20)17-10-9-13-5-3-4-6-15(13)17/h3-11,18H,2H2,1H3. The summed E-state index contributed by atoms with van der Waals surface area (Å²) in [6, 6.07) is 13.5. The minimum absolute atomic E-state index is 0.00929. The molecule has 5 heteroatoms. The molecule has 1 aromatic heterocycles. The van der Waals surface area contributed by atoms with Crippen molar-refractivity contribution in [2.75, 3.05) is 0 Å². The summed E-state index contributed by atoms with van der Waals surface area (Å²) in [4.78, 5) is 0.0820. The number of rotatable bonds is 3. The highest BCUT2D eigenvalue weighted by Gasteiger charge is 2.19. The first-order valence-corrected chi connectivity index (χ1v) is 8.11. The lowest BCUT2D eigenvalue weighted by atomic mass is 10.1. The quantitative estimate of drug-likeness (QED) is 0.808. The zero-order chi connectivity index (χ0) is 15.0. The van der Waals surface area contributed by atoms with E-state index in [9.17, 15) is 13.5 Å². The van der Waals surface area contributed by atoms with Crippen molar-refractivity contribution < 1.29 is 13.5 Å². The molecule has 21 heavy (non-hydrogen) atoms. The van der Waals surface area contributed by atoms with E-state index in [1.165, 1.54) is 22.3 Å². The van der Waals surface area contributed by atoms with Gasteiger partial charge in [-0.25, -0.2) is 12.4 Å². The van der Waals surface area contributed by atoms with Gasteiger partial charge in [0.15, 0.2) is 0 Å². The number of phenols is 1. The Hall–Kier alpha value is -2.27. The fourth-order valence-corrected chi connectivity index (χ4v) is 3.76. The van der Waals surface area contributed by atoms with E-state index in [4.69, 9.17) is 0 Å². The van der Waals surface area contributed by atoms with Crippen molar-refractivity contribution in [3.63, 3.8) is 0 Å². The molecule has 1 N–H and O–H groups in total. The van der Waals surface area contributed by atoms with Crippen molar-refractivity contribution in [1.29, 1.82) is 0 Å². The maximum absolute atomic E-state index is 12.7. The van der Waals surface area contributed by atoms with Crippen molar-refractivity contribution in [3.05, 3.63) is 60.3 Å². The smallest absolute Gasteiger partial charge is 0.268 e. The van der Waals surface area contributed by atoms with Gasteiger partial charge in [-0.15, -0.1) is 0 Å². The van der Waals surface area contributed by atoms with Gasteiger partial charge in [-0.2, -0.15) is 0 Å². The number of phenolic OH excluding ortho intramolecular Hbond substituents is 1. The van der Waals surface area contributed by atoms with Gasteiger partial charge in [0.1, 0.15) is 5.75 Å². The summed E-state index contributed by atoms with van der Waals surface area (Å²) in [5.74, 6) is 0.00929. The number of para-hydroxylation sites is 1. The lowest BCUT2D eigenvalue weighted by molar-refractivity contribution is 0.466. The highest BCUT2D eigenvalue weighted by Crippen LogP contribution is 2.26. The maximum Gasteiger partial charge on any atom is 0.268 e. The number of hydrogen-bond donors (Lipinski definition) is 1. The Morgan fingerprint density at radius 3 is 2.57 bits per heavy atom. The summed E-state index contributed by atoms with van der Waals surface area (Å²) >= 11 is 0. The van der Waals surface area contributed by atoms with E-state index in [2.05, 4.69) is 0 Å².